The number of hydrogen-bond donors (Lipinski definition) is 0. The number of aldehydes is 1. The van der Waals surface area contributed by atoms with Gasteiger partial charge in [0.2, 0.25) is 0 Å². The average Bonchev–Trinajstić information content (AvgIpc) is 2.30. The molecule has 1 aliphatic heterocycles. The smallest absolute Gasteiger partial charge is 0.194 e. The molecule has 0 radical (unpaired) electrons. The fourth-order valence-corrected chi connectivity index (χ4v) is 1.63. The molecule has 0 spiro atoms. The van der Waals surface area contributed by atoms with Crippen LogP contribution in [0.5, 0.6) is 0 Å². The van der Waals surface area contributed by atoms with Crippen LogP contribution in [0, 0.1) is 0 Å². The largest absolute Gasteiger partial charge is 0.354 e. The van der Waals surface area contributed by atoms with Gasteiger partial charge < -0.3 is 9.80 Å². The fraction of sp³-hybridized carbons (Fsp3) is 0.500. The first-order chi connectivity index (χ1) is 7.29. The molecular weight excluding hydrogens is 192 g/mol. The minimum absolute atomic E-state index is 0.256. The summed E-state index contributed by atoms with van der Waals surface area (Å²) in [6.07, 6.45) is 2.31. The van der Waals surface area contributed by atoms with Crippen molar-refractivity contribution in [2.45, 2.75) is 0 Å². The Morgan fingerprint density at radius 2 is 2.07 bits per heavy atom. The number of nitrogens with zero attached hydrogens (tertiary/aromatic N) is 4. The van der Waals surface area contributed by atoms with E-state index in [1.807, 2.05) is 6.07 Å². The SMILES string of the molecule is CN1CCN(c2ccnc(C=O)n2)CC1. The number of aromatic nitrogens is 2. The van der Waals surface area contributed by atoms with Crippen LogP contribution >= 0.6 is 0 Å². The Balaban J connectivity index is 2.11. The first-order valence-corrected chi connectivity index (χ1v) is 5.01. The van der Waals surface area contributed by atoms with Crippen molar-refractivity contribution in [3.8, 4) is 0 Å². The van der Waals surface area contributed by atoms with Gasteiger partial charge in [0, 0.05) is 32.4 Å². The molecule has 0 saturated carbocycles. The summed E-state index contributed by atoms with van der Waals surface area (Å²) in [7, 11) is 2.11. The first kappa shape index (κ1) is 10.0. The maximum absolute atomic E-state index is 10.5. The van der Waals surface area contributed by atoms with Gasteiger partial charge in [-0.25, -0.2) is 9.97 Å². The van der Waals surface area contributed by atoms with Gasteiger partial charge in [0.1, 0.15) is 5.82 Å². The Hall–Kier alpha value is -1.49. The molecule has 1 fully saturated rings. The van der Waals surface area contributed by atoms with Crippen LogP contribution in [-0.4, -0.2) is 54.4 Å². The average molecular weight is 206 g/mol. The van der Waals surface area contributed by atoms with Crippen molar-refractivity contribution in [3.05, 3.63) is 18.1 Å². The van der Waals surface area contributed by atoms with Gasteiger partial charge in [0.15, 0.2) is 12.1 Å². The lowest BCUT2D eigenvalue weighted by molar-refractivity contribution is 0.111. The normalized spacial score (nSPS) is 17.8. The highest BCUT2D eigenvalue weighted by molar-refractivity contribution is 5.69. The third-order valence-electron chi connectivity index (χ3n) is 2.59. The van der Waals surface area contributed by atoms with Crippen LogP contribution in [-0.2, 0) is 0 Å². The molecule has 80 valence electrons. The molecule has 5 heteroatoms. The molecule has 0 N–H and O–H groups in total. The number of rotatable bonds is 2. The molecule has 1 saturated heterocycles. The van der Waals surface area contributed by atoms with E-state index in [0.717, 1.165) is 32.0 Å². The molecule has 0 amide bonds. The van der Waals surface area contributed by atoms with Gasteiger partial charge >= 0.3 is 0 Å². The molecule has 0 atom stereocenters. The van der Waals surface area contributed by atoms with E-state index in [-0.39, 0.29) is 5.82 Å². The molecular formula is C10H14N4O. The molecule has 1 aliphatic rings. The highest BCUT2D eigenvalue weighted by Crippen LogP contribution is 2.11. The lowest BCUT2D eigenvalue weighted by atomic mass is 10.3. The number of carbonyl (C=O) groups is 1. The molecule has 2 heterocycles. The third-order valence-corrected chi connectivity index (χ3v) is 2.59. The summed E-state index contributed by atoms with van der Waals surface area (Å²) in [6, 6.07) is 1.85. The Bertz CT molecular complexity index is 347. The lowest BCUT2D eigenvalue weighted by Gasteiger charge is -2.33. The van der Waals surface area contributed by atoms with Gasteiger partial charge in [0.25, 0.3) is 0 Å². The number of likely N-dealkylation sites (N-methyl/N-ethyl adjacent to an activating group) is 1. The van der Waals surface area contributed by atoms with E-state index in [1.165, 1.54) is 0 Å². The van der Waals surface area contributed by atoms with Crippen molar-refractivity contribution < 1.29 is 4.79 Å². The van der Waals surface area contributed by atoms with Gasteiger partial charge in [0.05, 0.1) is 0 Å². The summed E-state index contributed by atoms with van der Waals surface area (Å²) in [5.74, 6) is 1.10. The van der Waals surface area contributed by atoms with Crippen molar-refractivity contribution in [2.24, 2.45) is 0 Å². The van der Waals surface area contributed by atoms with Crippen molar-refractivity contribution in [1.82, 2.24) is 14.9 Å². The molecule has 1 aromatic heterocycles. The van der Waals surface area contributed by atoms with Crippen molar-refractivity contribution >= 4 is 12.1 Å². The van der Waals surface area contributed by atoms with E-state index < -0.39 is 0 Å². The molecule has 0 bridgehead atoms. The molecule has 5 nitrogen and oxygen atoms in total. The molecule has 0 unspecified atom stereocenters. The maximum Gasteiger partial charge on any atom is 0.194 e. The van der Waals surface area contributed by atoms with Gasteiger partial charge in [-0.1, -0.05) is 0 Å². The highest BCUT2D eigenvalue weighted by atomic mass is 16.1. The van der Waals surface area contributed by atoms with Crippen LogP contribution in [0.3, 0.4) is 0 Å². The monoisotopic (exact) mass is 206 g/mol. The highest BCUT2D eigenvalue weighted by Gasteiger charge is 2.15. The minimum atomic E-state index is 0.256. The van der Waals surface area contributed by atoms with Crippen LogP contribution in [0.4, 0.5) is 5.82 Å². The third kappa shape index (κ3) is 2.30. The van der Waals surface area contributed by atoms with Crippen molar-refractivity contribution in [3.63, 3.8) is 0 Å². The van der Waals surface area contributed by atoms with E-state index in [0.29, 0.717) is 6.29 Å². The van der Waals surface area contributed by atoms with Gasteiger partial charge in [-0.2, -0.15) is 0 Å². The first-order valence-electron chi connectivity index (χ1n) is 5.01. The maximum atomic E-state index is 10.5. The second-order valence-corrected chi connectivity index (χ2v) is 3.68. The van der Waals surface area contributed by atoms with Crippen LogP contribution in [0.25, 0.3) is 0 Å². The van der Waals surface area contributed by atoms with Crippen LogP contribution in [0.2, 0.25) is 0 Å². The Labute approximate surface area is 88.7 Å². The quantitative estimate of drug-likeness (QED) is 0.639. The second kappa shape index (κ2) is 4.35. The number of anilines is 1. The predicted molar refractivity (Wildman–Crippen MR) is 57.1 cm³/mol. The summed E-state index contributed by atoms with van der Waals surface area (Å²) in [5, 5.41) is 0. The lowest BCUT2D eigenvalue weighted by Crippen LogP contribution is -2.44. The molecule has 15 heavy (non-hydrogen) atoms. The topological polar surface area (TPSA) is 49.3 Å². The van der Waals surface area contributed by atoms with Crippen LogP contribution in [0.1, 0.15) is 10.6 Å². The van der Waals surface area contributed by atoms with Gasteiger partial charge in [-0.05, 0) is 13.1 Å². The van der Waals surface area contributed by atoms with Gasteiger partial charge in [-0.15, -0.1) is 0 Å². The van der Waals surface area contributed by atoms with Crippen LogP contribution < -0.4 is 4.90 Å². The summed E-state index contributed by atoms with van der Waals surface area (Å²) < 4.78 is 0. The minimum Gasteiger partial charge on any atom is -0.354 e. The van der Waals surface area contributed by atoms with E-state index >= 15 is 0 Å². The zero-order valence-corrected chi connectivity index (χ0v) is 8.76. The zero-order valence-electron chi connectivity index (χ0n) is 8.76. The summed E-state index contributed by atoms with van der Waals surface area (Å²) in [5.41, 5.74) is 0. The number of piperazine rings is 1. The Morgan fingerprint density at radius 1 is 1.33 bits per heavy atom. The number of carbonyl (C=O) groups excluding carboxylic acids is 1. The molecule has 0 aromatic carbocycles. The second-order valence-electron chi connectivity index (χ2n) is 3.68. The predicted octanol–water partition coefficient (Wildman–Crippen LogP) is 0.0409. The Morgan fingerprint density at radius 3 is 2.73 bits per heavy atom. The summed E-state index contributed by atoms with van der Waals surface area (Å²) in [4.78, 5) is 23.0. The van der Waals surface area contributed by atoms with E-state index in [2.05, 4.69) is 26.8 Å². The van der Waals surface area contributed by atoms with Gasteiger partial charge in [-0.3, -0.25) is 4.79 Å². The standard InChI is InChI=1S/C10H14N4O/c1-13-4-6-14(7-5-13)10-2-3-11-9(8-15)12-10/h2-3,8H,4-7H2,1H3. The van der Waals surface area contributed by atoms with Crippen molar-refractivity contribution in [1.29, 1.82) is 0 Å². The summed E-state index contributed by atoms with van der Waals surface area (Å²) in [6.45, 7) is 3.96. The summed E-state index contributed by atoms with van der Waals surface area (Å²) >= 11 is 0. The van der Waals surface area contributed by atoms with E-state index in [9.17, 15) is 4.79 Å². The molecule has 0 aliphatic carbocycles. The van der Waals surface area contributed by atoms with Crippen molar-refractivity contribution in [2.75, 3.05) is 38.1 Å². The Kier molecular flexibility index (Phi) is 2.91. The zero-order chi connectivity index (χ0) is 10.7. The van der Waals surface area contributed by atoms with Crippen LogP contribution in [0.15, 0.2) is 12.3 Å². The molecule has 1 aromatic rings. The molecule has 2 rings (SSSR count). The fourth-order valence-electron chi connectivity index (χ4n) is 1.63. The number of hydrogen-bond acceptors (Lipinski definition) is 5. The van der Waals surface area contributed by atoms with E-state index in [4.69, 9.17) is 0 Å². The van der Waals surface area contributed by atoms with E-state index in [1.54, 1.807) is 6.20 Å².